The number of nitrogens with zero attached hydrogens (tertiary/aromatic N) is 3. The van der Waals surface area contributed by atoms with Crippen LogP contribution in [0, 0.1) is 23.7 Å². The molecule has 174 valence electrons. The Kier molecular flexibility index (Phi) is 5.81. The van der Waals surface area contributed by atoms with E-state index >= 15 is 0 Å². The third kappa shape index (κ3) is 3.39. The van der Waals surface area contributed by atoms with Crippen molar-refractivity contribution in [1.29, 1.82) is 0 Å². The van der Waals surface area contributed by atoms with Crippen LogP contribution in [0.5, 0.6) is 0 Å². The first kappa shape index (κ1) is 21.9. The minimum atomic E-state index is -0.228. The number of amides is 2. The van der Waals surface area contributed by atoms with E-state index < -0.39 is 0 Å². The number of benzene rings is 1. The molecule has 2 amide bonds. The summed E-state index contributed by atoms with van der Waals surface area (Å²) in [6.45, 7) is 9.91. The van der Waals surface area contributed by atoms with Gasteiger partial charge in [0.15, 0.2) is 0 Å². The molecular formula is C27H39N3O2. The van der Waals surface area contributed by atoms with Gasteiger partial charge in [-0.05, 0) is 69.4 Å². The zero-order chi connectivity index (χ0) is 22.5. The number of fused-ring (bicyclic) bond motifs is 2. The average molecular weight is 438 g/mol. The molecule has 0 radical (unpaired) electrons. The number of para-hydroxylation sites is 1. The van der Waals surface area contributed by atoms with Gasteiger partial charge in [0.1, 0.15) is 0 Å². The van der Waals surface area contributed by atoms with Crippen molar-refractivity contribution in [1.82, 2.24) is 9.80 Å². The lowest BCUT2D eigenvalue weighted by molar-refractivity contribution is -0.140. The molecule has 0 aromatic heterocycles. The molecule has 5 rings (SSSR count). The summed E-state index contributed by atoms with van der Waals surface area (Å²) in [5.74, 6) is 1.43. The molecule has 3 aliphatic heterocycles. The molecule has 1 aromatic rings. The molecule has 1 spiro atoms. The van der Waals surface area contributed by atoms with Crippen molar-refractivity contribution in [3.8, 4) is 0 Å². The minimum absolute atomic E-state index is 0.0507. The molecule has 3 heterocycles. The first-order valence-corrected chi connectivity index (χ1v) is 12.9. The number of likely N-dealkylation sites (tertiary alicyclic amines) is 2. The van der Waals surface area contributed by atoms with Crippen molar-refractivity contribution in [3.63, 3.8) is 0 Å². The van der Waals surface area contributed by atoms with Crippen molar-refractivity contribution in [3.05, 3.63) is 30.3 Å². The number of hydrogen-bond acceptors (Lipinski definition) is 4. The van der Waals surface area contributed by atoms with Crippen LogP contribution >= 0.6 is 0 Å². The van der Waals surface area contributed by atoms with Crippen LogP contribution in [0.25, 0.3) is 0 Å². The fourth-order valence-corrected chi connectivity index (χ4v) is 7.40. The van der Waals surface area contributed by atoms with E-state index in [4.69, 9.17) is 0 Å². The number of hydrogen-bond donors (Lipinski definition) is 0. The zero-order valence-electron chi connectivity index (χ0n) is 20.0. The quantitative estimate of drug-likeness (QED) is 0.663. The Bertz CT molecular complexity index is 838. The summed E-state index contributed by atoms with van der Waals surface area (Å²) in [4.78, 5) is 33.2. The van der Waals surface area contributed by atoms with Gasteiger partial charge in [-0.3, -0.25) is 14.5 Å². The molecule has 5 heteroatoms. The van der Waals surface area contributed by atoms with Gasteiger partial charge in [0.2, 0.25) is 11.8 Å². The number of piperidine rings is 1. The lowest BCUT2D eigenvalue weighted by atomic mass is 9.73. The molecular weight excluding hydrogens is 398 g/mol. The summed E-state index contributed by atoms with van der Waals surface area (Å²) in [6, 6.07) is 11.2. The van der Waals surface area contributed by atoms with Gasteiger partial charge in [-0.2, -0.15) is 0 Å². The first-order chi connectivity index (χ1) is 15.5. The second-order valence-corrected chi connectivity index (χ2v) is 10.9. The smallest absolute Gasteiger partial charge is 0.235 e. The van der Waals surface area contributed by atoms with E-state index in [1.807, 2.05) is 13.0 Å². The van der Waals surface area contributed by atoms with E-state index in [2.05, 4.69) is 47.9 Å². The third-order valence-electron chi connectivity index (χ3n) is 9.26. The number of rotatable bonds is 4. The van der Waals surface area contributed by atoms with Crippen LogP contribution in [0.3, 0.4) is 0 Å². The maximum Gasteiger partial charge on any atom is 0.235 e. The van der Waals surface area contributed by atoms with E-state index in [0.717, 1.165) is 43.5 Å². The third-order valence-corrected chi connectivity index (χ3v) is 9.26. The van der Waals surface area contributed by atoms with Gasteiger partial charge in [0, 0.05) is 37.9 Å². The van der Waals surface area contributed by atoms with Gasteiger partial charge in [-0.15, -0.1) is 0 Å². The van der Waals surface area contributed by atoms with E-state index in [1.54, 1.807) is 0 Å². The fraction of sp³-hybridized carbons (Fsp3) is 0.704. The van der Waals surface area contributed by atoms with Crippen molar-refractivity contribution < 1.29 is 9.59 Å². The van der Waals surface area contributed by atoms with Crippen LogP contribution in [0.4, 0.5) is 5.69 Å². The summed E-state index contributed by atoms with van der Waals surface area (Å²) >= 11 is 0. The molecule has 0 bridgehead atoms. The summed E-state index contributed by atoms with van der Waals surface area (Å²) in [5, 5.41) is 0. The number of carbonyl (C=O) groups excluding carboxylic acids is 2. The monoisotopic (exact) mass is 437 g/mol. The van der Waals surface area contributed by atoms with E-state index in [0.29, 0.717) is 19.1 Å². The first-order valence-electron chi connectivity index (χ1n) is 12.9. The van der Waals surface area contributed by atoms with E-state index in [9.17, 15) is 9.59 Å². The fourth-order valence-electron chi connectivity index (χ4n) is 7.40. The second-order valence-electron chi connectivity index (χ2n) is 10.9. The average Bonchev–Trinajstić information content (AvgIpc) is 3.27. The minimum Gasteiger partial charge on any atom is -0.364 e. The highest BCUT2D eigenvalue weighted by atomic mass is 16.2. The van der Waals surface area contributed by atoms with Gasteiger partial charge in [-0.1, -0.05) is 32.0 Å². The molecule has 1 aliphatic carbocycles. The predicted molar refractivity (Wildman–Crippen MR) is 127 cm³/mol. The topological polar surface area (TPSA) is 43.9 Å². The van der Waals surface area contributed by atoms with E-state index in [-0.39, 0.29) is 29.2 Å². The number of anilines is 1. The summed E-state index contributed by atoms with van der Waals surface area (Å²) in [5.41, 5.74) is 0.936. The van der Waals surface area contributed by atoms with Crippen LogP contribution in [-0.2, 0) is 9.59 Å². The van der Waals surface area contributed by atoms with Gasteiger partial charge in [0.05, 0.1) is 17.4 Å². The van der Waals surface area contributed by atoms with Crippen molar-refractivity contribution in [2.45, 2.75) is 70.9 Å². The highest BCUT2D eigenvalue weighted by molar-refractivity contribution is 6.07. The summed E-state index contributed by atoms with van der Waals surface area (Å²) in [6.07, 6.45) is 7.27. The van der Waals surface area contributed by atoms with Crippen LogP contribution in [0.15, 0.2) is 30.3 Å². The highest BCUT2D eigenvalue weighted by Crippen LogP contribution is 2.52. The summed E-state index contributed by atoms with van der Waals surface area (Å²) < 4.78 is 0. The van der Waals surface area contributed by atoms with E-state index in [1.165, 1.54) is 30.6 Å². The Labute approximate surface area is 193 Å². The van der Waals surface area contributed by atoms with Crippen molar-refractivity contribution in [2.24, 2.45) is 23.7 Å². The van der Waals surface area contributed by atoms with Gasteiger partial charge < -0.3 is 9.80 Å². The molecule has 32 heavy (non-hydrogen) atoms. The van der Waals surface area contributed by atoms with Crippen LogP contribution < -0.4 is 4.90 Å². The molecule has 0 N–H and O–H groups in total. The Balaban J connectivity index is 1.37. The SMILES string of the molecule is CCN1C(=O)C2CN(c3ccccc3)C3(CCN(C4CCC(C(C)C)CC4)CC3)C2C1=O. The Morgan fingerprint density at radius 1 is 0.969 bits per heavy atom. The molecule has 2 unspecified atom stereocenters. The Morgan fingerprint density at radius 3 is 2.22 bits per heavy atom. The number of carbonyl (C=O) groups is 2. The van der Waals surface area contributed by atoms with Crippen molar-refractivity contribution >= 4 is 17.5 Å². The maximum absolute atomic E-state index is 13.4. The van der Waals surface area contributed by atoms with Gasteiger partial charge in [0.25, 0.3) is 0 Å². The lowest BCUT2D eigenvalue weighted by Crippen LogP contribution is -2.59. The van der Waals surface area contributed by atoms with Gasteiger partial charge in [-0.25, -0.2) is 0 Å². The molecule has 1 aromatic carbocycles. The predicted octanol–water partition coefficient (Wildman–Crippen LogP) is 4.18. The highest BCUT2D eigenvalue weighted by Gasteiger charge is 2.64. The van der Waals surface area contributed by atoms with Crippen LogP contribution in [0.2, 0.25) is 0 Å². The normalized spacial score (nSPS) is 32.9. The van der Waals surface area contributed by atoms with Crippen LogP contribution in [-0.4, -0.2) is 59.4 Å². The summed E-state index contributed by atoms with van der Waals surface area (Å²) in [7, 11) is 0. The number of imide groups is 1. The Hall–Kier alpha value is -1.88. The lowest BCUT2D eigenvalue weighted by Gasteiger charge is -2.50. The molecule has 4 aliphatic rings. The standard InChI is InChI=1S/C27H39N3O2/c1-4-29-25(31)23-18-30(22-8-6-5-7-9-22)27(24(23)26(29)32)14-16-28(17-15-27)21-12-10-20(11-13-21)19(2)3/h5-9,19-21,23-24H,4,10-18H2,1-3H3. The van der Waals surface area contributed by atoms with Crippen LogP contribution in [0.1, 0.15) is 59.3 Å². The second kappa shape index (κ2) is 8.48. The molecule has 1 saturated carbocycles. The molecule has 5 nitrogen and oxygen atoms in total. The molecule has 3 saturated heterocycles. The largest absolute Gasteiger partial charge is 0.364 e. The zero-order valence-corrected chi connectivity index (χ0v) is 20.0. The van der Waals surface area contributed by atoms with Gasteiger partial charge >= 0.3 is 0 Å². The molecule has 2 atom stereocenters. The Morgan fingerprint density at radius 2 is 1.62 bits per heavy atom. The maximum atomic E-state index is 13.4. The molecule has 4 fully saturated rings. The van der Waals surface area contributed by atoms with Crippen molar-refractivity contribution in [2.75, 3.05) is 31.1 Å².